The summed E-state index contributed by atoms with van der Waals surface area (Å²) in [5, 5.41) is 5.45. The lowest BCUT2D eigenvalue weighted by Gasteiger charge is -2.08. The lowest BCUT2D eigenvalue weighted by molar-refractivity contribution is -0.117. The largest absolute Gasteiger partial charge is 0.435 e. The second-order valence-electron chi connectivity index (χ2n) is 5.70. The number of rotatable bonds is 6. The Balaban J connectivity index is 1.57. The third-order valence-electron chi connectivity index (χ3n) is 3.70. The zero-order valence-corrected chi connectivity index (χ0v) is 13.2. The van der Waals surface area contributed by atoms with Crippen LogP contribution in [0, 0.1) is 5.92 Å². The topological polar surface area (TPSA) is 67.4 Å². The van der Waals surface area contributed by atoms with Gasteiger partial charge < -0.3 is 15.4 Å². The van der Waals surface area contributed by atoms with Crippen molar-refractivity contribution in [3.63, 3.8) is 0 Å². The van der Waals surface area contributed by atoms with Crippen LogP contribution in [-0.4, -0.2) is 18.4 Å². The van der Waals surface area contributed by atoms with Crippen molar-refractivity contribution in [3.8, 4) is 5.75 Å². The Morgan fingerprint density at radius 2 is 1.48 bits per heavy atom. The molecule has 0 unspecified atom stereocenters. The van der Waals surface area contributed by atoms with E-state index in [0.29, 0.717) is 16.9 Å². The van der Waals surface area contributed by atoms with E-state index in [0.717, 1.165) is 12.8 Å². The van der Waals surface area contributed by atoms with Gasteiger partial charge in [0.05, 0.1) is 0 Å². The molecule has 0 aliphatic heterocycles. The highest BCUT2D eigenvalue weighted by Gasteiger charge is 2.29. The van der Waals surface area contributed by atoms with Gasteiger partial charge in [0, 0.05) is 22.9 Å². The maximum absolute atomic E-state index is 12.2. The van der Waals surface area contributed by atoms with Crippen LogP contribution in [-0.2, 0) is 4.79 Å². The van der Waals surface area contributed by atoms with Crippen LogP contribution < -0.4 is 15.4 Å². The highest BCUT2D eigenvalue weighted by atomic mass is 19.3. The van der Waals surface area contributed by atoms with Gasteiger partial charge in [-0.15, -0.1) is 0 Å². The predicted octanol–water partition coefficient (Wildman–Crippen LogP) is 3.89. The van der Waals surface area contributed by atoms with E-state index in [1.54, 1.807) is 24.3 Å². The maximum Gasteiger partial charge on any atom is 0.387 e. The first-order valence-corrected chi connectivity index (χ1v) is 7.78. The van der Waals surface area contributed by atoms with Crippen LogP contribution in [0.4, 0.5) is 20.2 Å². The molecule has 0 bridgehead atoms. The maximum atomic E-state index is 12.2. The number of alkyl halides is 2. The molecule has 2 N–H and O–H groups in total. The molecule has 130 valence electrons. The number of carbonyl (C=O) groups is 2. The Morgan fingerprint density at radius 1 is 0.920 bits per heavy atom. The first-order chi connectivity index (χ1) is 12.0. The molecule has 2 amide bonds. The van der Waals surface area contributed by atoms with Crippen molar-refractivity contribution >= 4 is 23.2 Å². The Hall–Kier alpha value is -2.96. The smallest absolute Gasteiger partial charge is 0.387 e. The molecule has 3 rings (SSSR count). The molecule has 0 radical (unpaired) electrons. The van der Waals surface area contributed by atoms with Crippen molar-refractivity contribution in [2.24, 2.45) is 5.92 Å². The summed E-state index contributed by atoms with van der Waals surface area (Å²) in [6.07, 6.45) is 1.85. The number of halogens is 2. The zero-order valence-electron chi connectivity index (χ0n) is 13.2. The zero-order chi connectivity index (χ0) is 17.8. The summed E-state index contributed by atoms with van der Waals surface area (Å²) in [6.45, 7) is -2.89. The van der Waals surface area contributed by atoms with Crippen molar-refractivity contribution in [2.75, 3.05) is 10.6 Å². The summed E-state index contributed by atoms with van der Waals surface area (Å²) < 4.78 is 28.4. The Bertz CT molecular complexity index is 757. The van der Waals surface area contributed by atoms with Gasteiger partial charge in [0.2, 0.25) is 5.91 Å². The minimum Gasteiger partial charge on any atom is -0.435 e. The molecule has 5 nitrogen and oxygen atoms in total. The number of nitrogens with one attached hydrogen (secondary N) is 2. The Morgan fingerprint density at radius 3 is 2.04 bits per heavy atom. The van der Waals surface area contributed by atoms with Crippen LogP contribution in [0.2, 0.25) is 0 Å². The van der Waals surface area contributed by atoms with Crippen molar-refractivity contribution in [3.05, 3.63) is 54.1 Å². The molecular formula is C18H16F2N2O3. The van der Waals surface area contributed by atoms with Gasteiger partial charge in [0.25, 0.3) is 5.91 Å². The van der Waals surface area contributed by atoms with Crippen molar-refractivity contribution in [1.82, 2.24) is 0 Å². The van der Waals surface area contributed by atoms with E-state index in [2.05, 4.69) is 15.4 Å². The van der Waals surface area contributed by atoms with E-state index < -0.39 is 6.61 Å². The normalized spacial score (nSPS) is 13.4. The first kappa shape index (κ1) is 16.9. The molecule has 1 saturated carbocycles. The highest BCUT2D eigenvalue weighted by molar-refractivity contribution is 6.04. The second kappa shape index (κ2) is 7.29. The summed E-state index contributed by atoms with van der Waals surface area (Å²) >= 11 is 0. The predicted molar refractivity (Wildman–Crippen MR) is 88.8 cm³/mol. The molecule has 2 aromatic carbocycles. The monoisotopic (exact) mass is 346 g/mol. The van der Waals surface area contributed by atoms with E-state index >= 15 is 0 Å². The number of hydrogen-bond acceptors (Lipinski definition) is 3. The van der Waals surface area contributed by atoms with E-state index in [-0.39, 0.29) is 23.5 Å². The van der Waals surface area contributed by atoms with Crippen LogP contribution in [0.3, 0.4) is 0 Å². The summed E-state index contributed by atoms with van der Waals surface area (Å²) in [5.41, 5.74) is 1.51. The van der Waals surface area contributed by atoms with Gasteiger partial charge in [-0.1, -0.05) is 0 Å². The third kappa shape index (κ3) is 4.76. The molecule has 2 aromatic rings. The number of amides is 2. The molecular weight excluding hydrogens is 330 g/mol. The van der Waals surface area contributed by atoms with Gasteiger partial charge in [0.15, 0.2) is 0 Å². The van der Waals surface area contributed by atoms with E-state index in [4.69, 9.17) is 0 Å². The number of carbonyl (C=O) groups excluding carboxylic acids is 2. The third-order valence-corrected chi connectivity index (χ3v) is 3.70. The number of benzene rings is 2. The quantitative estimate of drug-likeness (QED) is 0.834. The van der Waals surface area contributed by atoms with Crippen LogP contribution >= 0.6 is 0 Å². The fourth-order valence-electron chi connectivity index (χ4n) is 2.22. The SMILES string of the molecule is O=C(Nc1ccc(OC(F)F)cc1)c1ccc(NC(=O)C2CC2)cc1. The van der Waals surface area contributed by atoms with Crippen LogP contribution in [0.25, 0.3) is 0 Å². The van der Waals surface area contributed by atoms with Gasteiger partial charge >= 0.3 is 6.61 Å². The molecule has 25 heavy (non-hydrogen) atoms. The van der Waals surface area contributed by atoms with Crippen LogP contribution in [0.1, 0.15) is 23.2 Å². The summed E-state index contributed by atoms with van der Waals surface area (Å²) in [6, 6.07) is 12.2. The van der Waals surface area contributed by atoms with Crippen molar-refractivity contribution in [2.45, 2.75) is 19.5 Å². The minimum atomic E-state index is -2.89. The van der Waals surface area contributed by atoms with Crippen LogP contribution in [0.5, 0.6) is 5.75 Å². The molecule has 0 saturated heterocycles. The van der Waals surface area contributed by atoms with Gasteiger partial charge in [-0.2, -0.15) is 8.78 Å². The Kier molecular flexibility index (Phi) is 4.92. The lowest BCUT2D eigenvalue weighted by atomic mass is 10.2. The first-order valence-electron chi connectivity index (χ1n) is 7.78. The van der Waals surface area contributed by atoms with E-state index in [9.17, 15) is 18.4 Å². The summed E-state index contributed by atoms with van der Waals surface area (Å²) in [5.74, 6) is -0.213. The molecule has 1 aliphatic carbocycles. The molecule has 7 heteroatoms. The van der Waals surface area contributed by atoms with Gasteiger partial charge in [0.1, 0.15) is 5.75 Å². The average molecular weight is 346 g/mol. The Labute approximate surface area is 143 Å². The second-order valence-corrected chi connectivity index (χ2v) is 5.70. The number of anilines is 2. The van der Waals surface area contributed by atoms with Crippen molar-refractivity contribution in [1.29, 1.82) is 0 Å². The van der Waals surface area contributed by atoms with E-state index in [1.807, 2.05) is 0 Å². The van der Waals surface area contributed by atoms with Gasteiger partial charge in [-0.05, 0) is 61.4 Å². The number of hydrogen-bond donors (Lipinski definition) is 2. The van der Waals surface area contributed by atoms with Gasteiger partial charge in [-0.3, -0.25) is 9.59 Å². The average Bonchev–Trinajstić information content (AvgIpc) is 3.42. The molecule has 0 aromatic heterocycles. The minimum absolute atomic E-state index is 0.00306. The number of ether oxygens (including phenoxy) is 1. The molecule has 1 fully saturated rings. The molecule has 0 heterocycles. The van der Waals surface area contributed by atoms with E-state index in [1.165, 1.54) is 24.3 Å². The molecule has 1 aliphatic rings. The van der Waals surface area contributed by atoms with Crippen molar-refractivity contribution < 1.29 is 23.1 Å². The van der Waals surface area contributed by atoms with Gasteiger partial charge in [-0.25, -0.2) is 0 Å². The van der Waals surface area contributed by atoms with Crippen LogP contribution in [0.15, 0.2) is 48.5 Å². The lowest BCUT2D eigenvalue weighted by Crippen LogP contribution is -2.14. The highest BCUT2D eigenvalue weighted by Crippen LogP contribution is 2.30. The standard InChI is InChI=1S/C18H16F2N2O3/c19-18(20)25-15-9-7-14(8-10-15)22-17(24)12-3-5-13(6-4-12)21-16(23)11-1-2-11/h3-11,18H,1-2H2,(H,21,23)(H,22,24). The fourth-order valence-corrected chi connectivity index (χ4v) is 2.22. The summed E-state index contributed by atoms with van der Waals surface area (Å²) in [4.78, 5) is 23.9. The fraction of sp³-hybridized carbons (Fsp3) is 0.222. The summed E-state index contributed by atoms with van der Waals surface area (Å²) in [7, 11) is 0. The molecule has 0 spiro atoms. The molecule has 0 atom stereocenters.